The number of rotatable bonds is 6. The van der Waals surface area contributed by atoms with Crippen molar-refractivity contribution in [2.75, 3.05) is 24.4 Å². The molecule has 0 saturated heterocycles. The Bertz CT molecular complexity index is 731. The lowest BCUT2D eigenvalue weighted by atomic mass is 10.2. The highest BCUT2D eigenvalue weighted by molar-refractivity contribution is 6.00. The van der Waals surface area contributed by atoms with Crippen LogP contribution in [-0.2, 0) is 0 Å². The molecule has 8 nitrogen and oxygen atoms in total. The summed E-state index contributed by atoms with van der Waals surface area (Å²) in [6, 6.07) is 10.2. The number of hydrogen-bond donors (Lipinski definition) is 2. The molecule has 8 heteroatoms. The second-order valence-electron chi connectivity index (χ2n) is 4.68. The van der Waals surface area contributed by atoms with Crippen molar-refractivity contribution in [2.24, 2.45) is 0 Å². The van der Waals surface area contributed by atoms with E-state index < -0.39 is 11.0 Å². The lowest BCUT2D eigenvalue weighted by Crippen LogP contribution is -2.19. The summed E-state index contributed by atoms with van der Waals surface area (Å²) in [6.07, 6.45) is 0. The molecule has 126 valence electrons. The Labute approximate surface area is 138 Å². The molecular formula is C16H17N3O5. The summed E-state index contributed by atoms with van der Waals surface area (Å²) >= 11 is 0. The maximum Gasteiger partial charge on any atom is 0.323 e. The summed E-state index contributed by atoms with van der Waals surface area (Å²) in [5.41, 5.74) is 0.614. The van der Waals surface area contributed by atoms with Gasteiger partial charge in [-0.25, -0.2) is 4.79 Å². The van der Waals surface area contributed by atoms with Crippen molar-refractivity contribution < 1.29 is 19.2 Å². The number of urea groups is 1. The molecule has 0 radical (unpaired) electrons. The van der Waals surface area contributed by atoms with Gasteiger partial charge in [0.25, 0.3) is 5.69 Å². The third kappa shape index (κ3) is 4.35. The van der Waals surface area contributed by atoms with Gasteiger partial charge in [-0.05, 0) is 37.3 Å². The molecule has 0 aliphatic rings. The molecule has 2 rings (SSSR count). The highest BCUT2D eigenvalue weighted by atomic mass is 16.6. The third-order valence-electron chi connectivity index (χ3n) is 3.07. The Kier molecular flexibility index (Phi) is 5.56. The maximum absolute atomic E-state index is 12.1. The molecule has 24 heavy (non-hydrogen) atoms. The average molecular weight is 331 g/mol. The molecule has 0 heterocycles. The number of non-ortho nitro benzene ring substituents is 1. The molecule has 2 N–H and O–H groups in total. The second-order valence-corrected chi connectivity index (χ2v) is 4.68. The van der Waals surface area contributed by atoms with Crippen molar-refractivity contribution in [3.05, 3.63) is 52.6 Å². The standard InChI is InChI=1S/C16H17N3O5/c1-3-24-13-7-4-11(5-8-13)17-16(20)18-14-10-12(19(21)22)6-9-15(14)23-2/h4-10H,3H2,1-2H3,(H2,17,18,20). The van der Waals surface area contributed by atoms with Crippen LogP contribution in [0.15, 0.2) is 42.5 Å². The molecule has 0 aromatic heterocycles. The Balaban J connectivity index is 2.08. The Hall–Kier alpha value is -3.29. The number of hydrogen-bond acceptors (Lipinski definition) is 5. The van der Waals surface area contributed by atoms with E-state index in [-0.39, 0.29) is 11.4 Å². The minimum atomic E-state index is -0.547. The minimum Gasteiger partial charge on any atom is -0.495 e. The van der Waals surface area contributed by atoms with Gasteiger partial charge in [-0.3, -0.25) is 10.1 Å². The zero-order valence-corrected chi connectivity index (χ0v) is 13.2. The van der Waals surface area contributed by atoms with Crippen molar-refractivity contribution in [3.8, 4) is 11.5 Å². The van der Waals surface area contributed by atoms with Crippen LogP contribution in [-0.4, -0.2) is 24.7 Å². The SMILES string of the molecule is CCOc1ccc(NC(=O)Nc2cc([N+](=O)[O-])ccc2OC)cc1. The van der Waals surface area contributed by atoms with Gasteiger partial charge in [0.1, 0.15) is 11.5 Å². The summed E-state index contributed by atoms with van der Waals surface area (Å²) in [5.74, 6) is 1.02. The first-order chi connectivity index (χ1) is 11.5. The van der Waals surface area contributed by atoms with E-state index in [9.17, 15) is 14.9 Å². The quantitative estimate of drug-likeness (QED) is 0.621. The average Bonchev–Trinajstić information content (AvgIpc) is 2.56. The van der Waals surface area contributed by atoms with Crippen molar-refractivity contribution in [1.82, 2.24) is 0 Å². The number of nitrogens with one attached hydrogen (secondary N) is 2. The third-order valence-corrected chi connectivity index (χ3v) is 3.07. The molecule has 0 atom stereocenters. The highest BCUT2D eigenvalue weighted by Crippen LogP contribution is 2.29. The van der Waals surface area contributed by atoms with Crippen molar-refractivity contribution in [3.63, 3.8) is 0 Å². The van der Waals surface area contributed by atoms with Crippen LogP contribution in [0.3, 0.4) is 0 Å². The smallest absolute Gasteiger partial charge is 0.323 e. The van der Waals surface area contributed by atoms with Gasteiger partial charge in [0.15, 0.2) is 0 Å². The zero-order valence-electron chi connectivity index (χ0n) is 13.2. The monoisotopic (exact) mass is 331 g/mol. The second kappa shape index (κ2) is 7.82. The number of methoxy groups -OCH3 is 1. The maximum atomic E-state index is 12.1. The van der Waals surface area contributed by atoms with Gasteiger partial charge in [0, 0.05) is 17.8 Å². The summed E-state index contributed by atoms with van der Waals surface area (Å²) in [7, 11) is 1.41. The van der Waals surface area contributed by atoms with Crippen molar-refractivity contribution >= 4 is 23.1 Å². The van der Waals surface area contributed by atoms with E-state index in [1.165, 1.54) is 25.3 Å². The molecule has 2 aromatic rings. The first-order valence-electron chi connectivity index (χ1n) is 7.16. The van der Waals surface area contributed by atoms with Gasteiger partial charge in [-0.2, -0.15) is 0 Å². The van der Waals surface area contributed by atoms with Gasteiger partial charge < -0.3 is 20.1 Å². The fourth-order valence-corrected chi connectivity index (χ4v) is 1.99. The van der Waals surface area contributed by atoms with Crippen LogP contribution < -0.4 is 20.1 Å². The van der Waals surface area contributed by atoms with Gasteiger partial charge in [-0.1, -0.05) is 0 Å². The Morgan fingerprint density at radius 2 is 1.88 bits per heavy atom. The van der Waals surface area contributed by atoms with Crippen LogP contribution in [0.1, 0.15) is 6.92 Å². The molecule has 0 unspecified atom stereocenters. The normalized spacial score (nSPS) is 9.92. The molecule has 0 bridgehead atoms. The minimum absolute atomic E-state index is 0.146. The van der Waals surface area contributed by atoms with Crippen LogP contribution in [0.2, 0.25) is 0 Å². The number of nitro benzene ring substituents is 1. The van der Waals surface area contributed by atoms with Gasteiger partial charge >= 0.3 is 6.03 Å². The number of benzene rings is 2. The summed E-state index contributed by atoms with van der Waals surface area (Å²) in [5, 5.41) is 16.0. The number of anilines is 2. The molecule has 0 aliphatic heterocycles. The number of carbonyl (C=O) groups excluding carboxylic acids is 1. The predicted octanol–water partition coefficient (Wildman–Crippen LogP) is 3.65. The van der Waals surface area contributed by atoms with Crippen LogP contribution in [0.25, 0.3) is 0 Å². The van der Waals surface area contributed by atoms with Crippen molar-refractivity contribution in [1.29, 1.82) is 0 Å². The molecule has 0 aliphatic carbocycles. The summed E-state index contributed by atoms with van der Waals surface area (Å²) < 4.78 is 10.4. The predicted molar refractivity (Wildman–Crippen MR) is 89.9 cm³/mol. The number of nitrogens with zero attached hydrogens (tertiary/aromatic N) is 1. The number of nitro groups is 1. The van der Waals surface area contributed by atoms with Gasteiger partial charge in [0.05, 0.1) is 24.3 Å². The fraction of sp³-hybridized carbons (Fsp3) is 0.188. The van der Waals surface area contributed by atoms with E-state index in [1.54, 1.807) is 24.3 Å². The van der Waals surface area contributed by atoms with E-state index in [1.807, 2.05) is 6.92 Å². The van der Waals surface area contributed by atoms with Gasteiger partial charge in [0.2, 0.25) is 0 Å². The molecular weight excluding hydrogens is 314 g/mol. The first-order valence-corrected chi connectivity index (χ1v) is 7.16. The van der Waals surface area contributed by atoms with Gasteiger partial charge in [-0.15, -0.1) is 0 Å². The van der Waals surface area contributed by atoms with Crippen molar-refractivity contribution in [2.45, 2.75) is 6.92 Å². The number of amides is 2. The molecule has 0 fully saturated rings. The Morgan fingerprint density at radius 1 is 1.17 bits per heavy atom. The van der Waals surface area contributed by atoms with E-state index in [4.69, 9.17) is 9.47 Å². The van der Waals surface area contributed by atoms with Crippen LogP contribution in [0.5, 0.6) is 11.5 Å². The topological polar surface area (TPSA) is 103 Å². The van der Waals surface area contributed by atoms with Crippen LogP contribution in [0.4, 0.5) is 21.9 Å². The lowest BCUT2D eigenvalue weighted by Gasteiger charge is -2.11. The largest absolute Gasteiger partial charge is 0.495 e. The number of ether oxygens (including phenoxy) is 2. The van der Waals surface area contributed by atoms with Crippen LogP contribution >= 0.6 is 0 Å². The lowest BCUT2D eigenvalue weighted by molar-refractivity contribution is -0.384. The first kappa shape index (κ1) is 17.1. The summed E-state index contributed by atoms with van der Waals surface area (Å²) in [4.78, 5) is 22.4. The van der Waals surface area contributed by atoms with E-state index in [0.29, 0.717) is 23.8 Å². The van der Waals surface area contributed by atoms with E-state index >= 15 is 0 Å². The van der Waals surface area contributed by atoms with Crippen LogP contribution in [0, 0.1) is 10.1 Å². The Morgan fingerprint density at radius 3 is 2.46 bits per heavy atom. The number of carbonyl (C=O) groups is 1. The van der Waals surface area contributed by atoms with E-state index in [2.05, 4.69) is 10.6 Å². The highest BCUT2D eigenvalue weighted by Gasteiger charge is 2.13. The molecule has 0 saturated carbocycles. The molecule has 2 amide bonds. The summed E-state index contributed by atoms with van der Waals surface area (Å²) in [6.45, 7) is 2.44. The molecule has 0 spiro atoms. The zero-order chi connectivity index (χ0) is 17.5. The molecule has 2 aromatic carbocycles. The van der Waals surface area contributed by atoms with E-state index in [0.717, 1.165) is 0 Å². The fourth-order valence-electron chi connectivity index (χ4n) is 1.99.